The van der Waals surface area contributed by atoms with Crippen molar-refractivity contribution < 1.29 is 4.39 Å². The van der Waals surface area contributed by atoms with Crippen LogP contribution in [0.5, 0.6) is 0 Å². The van der Waals surface area contributed by atoms with Crippen LogP contribution in [0.1, 0.15) is 5.56 Å². The van der Waals surface area contributed by atoms with E-state index >= 15 is 0 Å². The Hall–Kier alpha value is 0.206. The van der Waals surface area contributed by atoms with Crippen LogP contribution in [0, 0.1) is 12.7 Å². The van der Waals surface area contributed by atoms with Gasteiger partial charge in [0, 0.05) is 5.02 Å². The molecule has 1 aromatic carbocycles. The molecule has 0 nitrogen and oxygen atoms in total. The molecular formula is C7H8ClFMg. The van der Waals surface area contributed by atoms with Gasteiger partial charge in [0.1, 0.15) is 5.82 Å². The lowest BCUT2D eigenvalue weighted by molar-refractivity contribution is 0.618. The second kappa shape index (κ2) is 4.16. The van der Waals surface area contributed by atoms with Crippen LogP contribution in [0.25, 0.3) is 0 Å². The van der Waals surface area contributed by atoms with Crippen molar-refractivity contribution >= 4 is 34.7 Å². The SMILES string of the molecule is Cc1cc(Cl)ccc1F.[MgH2]. The Morgan fingerprint density at radius 2 is 2.00 bits per heavy atom. The van der Waals surface area contributed by atoms with Crippen molar-refractivity contribution in [3.05, 3.63) is 34.6 Å². The molecule has 0 heterocycles. The number of hydrogen-bond donors (Lipinski definition) is 0. The van der Waals surface area contributed by atoms with Crippen LogP contribution in [-0.2, 0) is 0 Å². The van der Waals surface area contributed by atoms with Gasteiger partial charge in [0.2, 0.25) is 0 Å². The lowest BCUT2D eigenvalue weighted by Gasteiger charge is -1.93. The minimum Gasteiger partial charge on any atom is -0.207 e. The van der Waals surface area contributed by atoms with Gasteiger partial charge in [-0.05, 0) is 30.7 Å². The molecule has 52 valence electrons. The quantitative estimate of drug-likeness (QED) is 0.522. The molecule has 0 radical (unpaired) electrons. The van der Waals surface area contributed by atoms with Gasteiger partial charge in [-0.25, -0.2) is 4.39 Å². The van der Waals surface area contributed by atoms with Gasteiger partial charge < -0.3 is 0 Å². The Morgan fingerprint density at radius 3 is 2.40 bits per heavy atom. The molecule has 1 rings (SSSR count). The average Bonchev–Trinajstić information content (AvgIpc) is 1.80. The minimum absolute atomic E-state index is 0. The van der Waals surface area contributed by atoms with Crippen LogP contribution in [0.3, 0.4) is 0 Å². The lowest BCUT2D eigenvalue weighted by Crippen LogP contribution is -1.78. The van der Waals surface area contributed by atoms with E-state index in [1.54, 1.807) is 13.0 Å². The number of hydrogen-bond acceptors (Lipinski definition) is 0. The largest absolute Gasteiger partial charge is 0.316 e. The van der Waals surface area contributed by atoms with E-state index in [0.717, 1.165) is 0 Å². The summed E-state index contributed by atoms with van der Waals surface area (Å²) in [7, 11) is 0. The molecule has 0 aromatic heterocycles. The van der Waals surface area contributed by atoms with E-state index in [4.69, 9.17) is 11.6 Å². The summed E-state index contributed by atoms with van der Waals surface area (Å²) in [6.45, 7) is 1.68. The van der Waals surface area contributed by atoms with Gasteiger partial charge in [-0.15, -0.1) is 0 Å². The van der Waals surface area contributed by atoms with Crippen LogP contribution in [0.2, 0.25) is 5.02 Å². The lowest BCUT2D eigenvalue weighted by atomic mass is 10.2. The summed E-state index contributed by atoms with van der Waals surface area (Å²) in [5.74, 6) is -0.209. The van der Waals surface area contributed by atoms with Crippen molar-refractivity contribution in [3.63, 3.8) is 0 Å². The van der Waals surface area contributed by atoms with Crippen LogP contribution < -0.4 is 0 Å². The maximum atomic E-state index is 12.4. The third-order valence-electron chi connectivity index (χ3n) is 1.12. The topological polar surface area (TPSA) is 0 Å². The molecule has 0 saturated carbocycles. The Bertz CT molecular complexity index is 225. The molecule has 0 fully saturated rings. The molecule has 3 heteroatoms. The second-order valence-electron chi connectivity index (χ2n) is 1.89. The van der Waals surface area contributed by atoms with E-state index in [1.807, 2.05) is 0 Å². The Kier molecular flexibility index (Phi) is 4.25. The fraction of sp³-hybridized carbons (Fsp3) is 0.143. The summed E-state index contributed by atoms with van der Waals surface area (Å²) in [5, 5.41) is 0.578. The highest BCUT2D eigenvalue weighted by Crippen LogP contribution is 2.12. The predicted molar refractivity (Wildman–Crippen MR) is 44.7 cm³/mol. The summed E-state index contributed by atoms with van der Waals surface area (Å²) >= 11 is 5.55. The van der Waals surface area contributed by atoms with Crippen molar-refractivity contribution in [1.82, 2.24) is 0 Å². The van der Waals surface area contributed by atoms with Gasteiger partial charge in [-0.2, -0.15) is 0 Å². The van der Waals surface area contributed by atoms with E-state index in [1.165, 1.54) is 12.1 Å². The molecule has 0 amide bonds. The maximum absolute atomic E-state index is 12.4. The molecule has 0 bridgehead atoms. The third kappa shape index (κ3) is 2.44. The second-order valence-corrected chi connectivity index (χ2v) is 2.33. The number of rotatable bonds is 0. The molecule has 0 aliphatic rings. The molecule has 1 aromatic rings. The molecule has 0 aliphatic carbocycles. The van der Waals surface area contributed by atoms with Crippen molar-refractivity contribution in [1.29, 1.82) is 0 Å². The van der Waals surface area contributed by atoms with Gasteiger partial charge in [-0.1, -0.05) is 11.6 Å². The van der Waals surface area contributed by atoms with Crippen LogP contribution in [0.15, 0.2) is 18.2 Å². The Balaban J connectivity index is 0.000000810. The summed E-state index contributed by atoms with van der Waals surface area (Å²) in [4.78, 5) is 0. The van der Waals surface area contributed by atoms with E-state index in [-0.39, 0.29) is 28.9 Å². The summed E-state index contributed by atoms with van der Waals surface area (Å²) in [6, 6.07) is 4.48. The molecule has 0 atom stereocenters. The number of halogens is 2. The van der Waals surface area contributed by atoms with E-state index in [9.17, 15) is 4.39 Å². The highest BCUT2D eigenvalue weighted by atomic mass is 35.5. The molecule has 0 N–H and O–H groups in total. The Labute approximate surface area is 80.5 Å². The van der Waals surface area contributed by atoms with Crippen molar-refractivity contribution in [2.75, 3.05) is 0 Å². The summed E-state index contributed by atoms with van der Waals surface area (Å²) in [6.07, 6.45) is 0. The average molecular weight is 171 g/mol. The van der Waals surface area contributed by atoms with Crippen LogP contribution in [0.4, 0.5) is 4.39 Å². The van der Waals surface area contributed by atoms with E-state index in [0.29, 0.717) is 10.6 Å². The maximum Gasteiger partial charge on any atom is 0.316 e. The van der Waals surface area contributed by atoms with Gasteiger partial charge in [0.15, 0.2) is 0 Å². The first-order valence-electron chi connectivity index (χ1n) is 2.62. The first-order chi connectivity index (χ1) is 4.20. The van der Waals surface area contributed by atoms with Crippen molar-refractivity contribution in [2.45, 2.75) is 6.92 Å². The van der Waals surface area contributed by atoms with Gasteiger partial charge in [0.05, 0.1) is 0 Å². The first-order valence-corrected chi connectivity index (χ1v) is 2.99. The normalized spacial score (nSPS) is 8.70. The highest BCUT2D eigenvalue weighted by Gasteiger charge is 1.94. The fourth-order valence-corrected chi connectivity index (χ4v) is 0.835. The molecular weight excluding hydrogens is 163 g/mol. The van der Waals surface area contributed by atoms with Gasteiger partial charge >= 0.3 is 23.1 Å². The van der Waals surface area contributed by atoms with Crippen LogP contribution >= 0.6 is 11.6 Å². The fourth-order valence-electron chi connectivity index (χ4n) is 0.608. The van der Waals surface area contributed by atoms with E-state index in [2.05, 4.69) is 0 Å². The molecule has 0 aliphatic heterocycles. The van der Waals surface area contributed by atoms with Crippen molar-refractivity contribution in [2.24, 2.45) is 0 Å². The van der Waals surface area contributed by atoms with Crippen LogP contribution in [-0.4, -0.2) is 23.1 Å². The molecule has 10 heavy (non-hydrogen) atoms. The zero-order chi connectivity index (χ0) is 6.85. The number of benzene rings is 1. The summed E-state index contributed by atoms with van der Waals surface area (Å²) in [5.41, 5.74) is 0.586. The standard InChI is InChI=1S/C7H6ClF.Mg.2H/c1-5-4-6(8)2-3-7(5)9;;;/h2-4H,1H3;;;. The molecule has 0 unspecified atom stereocenters. The van der Waals surface area contributed by atoms with Crippen molar-refractivity contribution in [3.8, 4) is 0 Å². The van der Waals surface area contributed by atoms with E-state index < -0.39 is 0 Å². The molecule has 0 spiro atoms. The zero-order valence-electron chi connectivity index (χ0n) is 4.99. The third-order valence-corrected chi connectivity index (χ3v) is 1.36. The monoisotopic (exact) mass is 170 g/mol. The highest BCUT2D eigenvalue weighted by molar-refractivity contribution is 6.30. The van der Waals surface area contributed by atoms with Gasteiger partial charge in [-0.3, -0.25) is 0 Å². The molecule has 0 saturated heterocycles. The first kappa shape index (κ1) is 10.2. The smallest absolute Gasteiger partial charge is 0.207 e. The Morgan fingerprint density at radius 1 is 1.40 bits per heavy atom. The number of aryl methyl sites for hydroxylation is 1. The van der Waals surface area contributed by atoms with Gasteiger partial charge in [0.25, 0.3) is 0 Å². The predicted octanol–water partition coefficient (Wildman–Crippen LogP) is 1.87. The minimum atomic E-state index is -0.209. The summed E-state index contributed by atoms with van der Waals surface area (Å²) < 4.78 is 12.4. The zero-order valence-corrected chi connectivity index (χ0v) is 5.74.